The van der Waals surface area contributed by atoms with Crippen LogP contribution in [0.15, 0.2) is 53.5 Å². The Morgan fingerprint density at radius 3 is 2.95 bits per heavy atom. The number of benzene rings is 2. The third-order valence-electron chi connectivity index (χ3n) is 3.04. The van der Waals surface area contributed by atoms with Crippen molar-refractivity contribution in [2.75, 3.05) is 0 Å². The number of thioether (sulfide) groups is 2. The van der Waals surface area contributed by atoms with Crippen molar-refractivity contribution in [2.24, 2.45) is 4.99 Å². The number of hydrogen-bond donors (Lipinski definition) is 0. The fourth-order valence-corrected chi connectivity index (χ4v) is 4.00. The predicted molar refractivity (Wildman–Crippen MR) is 89.2 cm³/mol. The molecule has 0 saturated heterocycles. The molecule has 0 bridgehead atoms. The third-order valence-corrected chi connectivity index (χ3v) is 5.35. The number of non-ortho nitro benzene ring substituents is 1. The third kappa shape index (κ3) is 3.46. The molecule has 0 N–H and O–H groups in total. The van der Waals surface area contributed by atoms with Crippen LogP contribution in [0.4, 0.5) is 11.4 Å². The zero-order chi connectivity index (χ0) is 14.7. The molecule has 0 unspecified atom stereocenters. The molecule has 2 aromatic carbocycles. The average Bonchev–Trinajstić information content (AvgIpc) is 2.53. The minimum absolute atomic E-state index is 0.136. The Kier molecular flexibility index (Phi) is 4.26. The second kappa shape index (κ2) is 6.32. The molecule has 0 atom stereocenters. The lowest BCUT2D eigenvalue weighted by atomic mass is 10.2. The van der Waals surface area contributed by atoms with E-state index in [1.807, 2.05) is 24.3 Å². The standard InChI is InChI=1S/C15H12N2O2S2/c18-17(19)13-6-3-4-11(8-13)9-20-15-16-14-7-2-1-5-12(14)10-21-15/h1-8H,9-10H2. The highest BCUT2D eigenvalue weighted by atomic mass is 32.2. The van der Waals surface area contributed by atoms with Gasteiger partial charge in [0.25, 0.3) is 5.69 Å². The van der Waals surface area contributed by atoms with Gasteiger partial charge in [-0.25, -0.2) is 4.99 Å². The molecule has 3 rings (SSSR count). The van der Waals surface area contributed by atoms with Crippen LogP contribution in [0.5, 0.6) is 0 Å². The molecule has 6 heteroatoms. The fourth-order valence-electron chi connectivity index (χ4n) is 1.99. The maximum atomic E-state index is 10.8. The maximum absolute atomic E-state index is 10.8. The molecule has 0 saturated carbocycles. The molecule has 0 amide bonds. The highest BCUT2D eigenvalue weighted by Crippen LogP contribution is 2.35. The van der Waals surface area contributed by atoms with Crippen molar-refractivity contribution < 1.29 is 4.92 Å². The number of nitro benzene ring substituents is 1. The summed E-state index contributed by atoms with van der Waals surface area (Å²) in [4.78, 5) is 15.0. The normalized spacial score (nSPS) is 13.4. The Labute approximate surface area is 130 Å². The van der Waals surface area contributed by atoms with Gasteiger partial charge in [-0.1, -0.05) is 53.9 Å². The van der Waals surface area contributed by atoms with Crippen LogP contribution in [0, 0.1) is 10.1 Å². The molecule has 0 fully saturated rings. The first kappa shape index (κ1) is 14.2. The van der Waals surface area contributed by atoms with E-state index < -0.39 is 0 Å². The van der Waals surface area contributed by atoms with Crippen LogP contribution < -0.4 is 0 Å². The van der Waals surface area contributed by atoms with Gasteiger partial charge in [0.1, 0.15) is 4.38 Å². The van der Waals surface area contributed by atoms with Crippen molar-refractivity contribution in [3.8, 4) is 0 Å². The van der Waals surface area contributed by atoms with Gasteiger partial charge >= 0.3 is 0 Å². The lowest BCUT2D eigenvalue weighted by Gasteiger charge is -2.14. The average molecular weight is 316 g/mol. The number of nitrogens with zero attached hydrogens (tertiary/aromatic N) is 2. The Morgan fingerprint density at radius 1 is 1.24 bits per heavy atom. The monoisotopic (exact) mass is 316 g/mol. The van der Waals surface area contributed by atoms with E-state index in [4.69, 9.17) is 0 Å². The molecular formula is C15H12N2O2S2. The van der Waals surface area contributed by atoms with Gasteiger partial charge in [0.05, 0.1) is 10.6 Å². The summed E-state index contributed by atoms with van der Waals surface area (Å²) in [5, 5.41) is 10.8. The summed E-state index contributed by atoms with van der Waals surface area (Å²) < 4.78 is 1.01. The minimum Gasteiger partial charge on any atom is -0.258 e. The first-order chi connectivity index (χ1) is 10.2. The van der Waals surface area contributed by atoms with Crippen molar-refractivity contribution in [3.63, 3.8) is 0 Å². The largest absolute Gasteiger partial charge is 0.269 e. The summed E-state index contributed by atoms with van der Waals surface area (Å²) in [6, 6.07) is 14.9. The van der Waals surface area contributed by atoms with Crippen LogP contribution in [0.2, 0.25) is 0 Å². The van der Waals surface area contributed by atoms with Crippen molar-refractivity contribution in [1.82, 2.24) is 0 Å². The predicted octanol–water partition coefficient (Wildman–Crippen LogP) is 4.76. The number of rotatable bonds is 3. The highest BCUT2D eigenvalue weighted by molar-refractivity contribution is 8.38. The van der Waals surface area contributed by atoms with E-state index in [1.54, 1.807) is 35.7 Å². The molecule has 0 radical (unpaired) electrons. The zero-order valence-electron chi connectivity index (χ0n) is 11.1. The summed E-state index contributed by atoms with van der Waals surface area (Å²) in [5.41, 5.74) is 3.35. The summed E-state index contributed by atoms with van der Waals surface area (Å²) in [6.45, 7) is 0. The lowest BCUT2D eigenvalue weighted by molar-refractivity contribution is -0.384. The Balaban J connectivity index is 1.70. The Hall–Kier alpha value is -1.79. The van der Waals surface area contributed by atoms with E-state index in [1.165, 1.54) is 11.6 Å². The van der Waals surface area contributed by atoms with Crippen molar-refractivity contribution in [3.05, 3.63) is 69.8 Å². The molecule has 0 spiro atoms. The van der Waals surface area contributed by atoms with Crippen LogP contribution in [0.25, 0.3) is 0 Å². The van der Waals surface area contributed by atoms with Gasteiger partial charge < -0.3 is 0 Å². The summed E-state index contributed by atoms with van der Waals surface area (Å²) in [5.74, 6) is 1.62. The maximum Gasteiger partial charge on any atom is 0.269 e. The molecule has 106 valence electrons. The summed E-state index contributed by atoms with van der Waals surface area (Å²) in [6.07, 6.45) is 0. The van der Waals surface area contributed by atoms with E-state index in [0.29, 0.717) is 5.75 Å². The van der Waals surface area contributed by atoms with E-state index in [-0.39, 0.29) is 10.6 Å². The molecule has 4 nitrogen and oxygen atoms in total. The molecule has 0 aromatic heterocycles. The van der Waals surface area contributed by atoms with Gasteiger partial charge in [-0.2, -0.15) is 0 Å². The Morgan fingerprint density at radius 2 is 2.10 bits per heavy atom. The van der Waals surface area contributed by atoms with Crippen molar-refractivity contribution in [2.45, 2.75) is 11.5 Å². The number of hydrogen-bond acceptors (Lipinski definition) is 5. The topological polar surface area (TPSA) is 55.5 Å². The van der Waals surface area contributed by atoms with E-state index in [2.05, 4.69) is 11.1 Å². The van der Waals surface area contributed by atoms with Crippen LogP contribution in [-0.2, 0) is 11.5 Å². The fraction of sp³-hybridized carbons (Fsp3) is 0.133. The molecule has 0 aliphatic carbocycles. The number of aliphatic imine (C=N–C) groups is 1. The number of fused-ring (bicyclic) bond motifs is 1. The van der Waals surface area contributed by atoms with Crippen molar-refractivity contribution >= 4 is 39.3 Å². The number of nitro groups is 1. The molecule has 1 aliphatic heterocycles. The second-order valence-electron chi connectivity index (χ2n) is 4.51. The van der Waals surface area contributed by atoms with E-state index in [0.717, 1.165) is 21.4 Å². The summed E-state index contributed by atoms with van der Waals surface area (Å²) in [7, 11) is 0. The number of para-hydroxylation sites is 1. The minimum atomic E-state index is -0.364. The SMILES string of the molecule is O=[N+]([O-])c1cccc(CSC2=Nc3ccccc3CS2)c1. The van der Waals surface area contributed by atoms with Gasteiger partial charge in [-0.3, -0.25) is 10.1 Å². The lowest BCUT2D eigenvalue weighted by Crippen LogP contribution is -1.96. The van der Waals surface area contributed by atoms with Gasteiger partial charge in [0.15, 0.2) is 0 Å². The first-order valence-electron chi connectivity index (χ1n) is 6.38. The molecule has 2 aromatic rings. The summed E-state index contributed by atoms with van der Waals surface area (Å²) >= 11 is 3.34. The molecule has 1 heterocycles. The zero-order valence-corrected chi connectivity index (χ0v) is 12.7. The van der Waals surface area contributed by atoms with E-state index in [9.17, 15) is 10.1 Å². The molecular weight excluding hydrogens is 304 g/mol. The van der Waals surface area contributed by atoms with E-state index >= 15 is 0 Å². The highest BCUT2D eigenvalue weighted by Gasteiger charge is 2.13. The van der Waals surface area contributed by atoms with Crippen molar-refractivity contribution in [1.29, 1.82) is 0 Å². The molecule has 1 aliphatic rings. The van der Waals surface area contributed by atoms with Crippen LogP contribution in [0.1, 0.15) is 11.1 Å². The van der Waals surface area contributed by atoms with Crippen LogP contribution >= 0.6 is 23.5 Å². The quantitative estimate of drug-likeness (QED) is 0.605. The van der Waals surface area contributed by atoms with Gasteiger partial charge in [0.2, 0.25) is 0 Å². The van der Waals surface area contributed by atoms with Gasteiger partial charge in [-0.15, -0.1) is 0 Å². The molecule has 21 heavy (non-hydrogen) atoms. The first-order valence-corrected chi connectivity index (χ1v) is 8.35. The van der Waals surface area contributed by atoms with Gasteiger partial charge in [0, 0.05) is 23.6 Å². The van der Waals surface area contributed by atoms with Crippen LogP contribution in [-0.4, -0.2) is 9.30 Å². The Bertz CT molecular complexity index is 716. The smallest absolute Gasteiger partial charge is 0.258 e. The second-order valence-corrected chi connectivity index (χ2v) is 6.70. The van der Waals surface area contributed by atoms with Crippen LogP contribution in [0.3, 0.4) is 0 Å². The van der Waals surface area contributed by atoms with Gasteiger partial charge in [-0.05, 0) is 17.2 Å².